The molecule has 1 rings (SSSR count). The molecule has 0 bridgehead atoms. The van der Waals surface area contributed by atoms with Crippen molar-refractivity contribution in [1.82, 2.24) is 10.3 Å². The van der Waals surface area contributed by atoms with Crippen LogP contribution in [-0.2, 0) is 4.79 Å². The number of hydrazone groups is 1. The van der Waals surface area contributed by atoms with Gasteiger partial charge in [-0.25, -0.2) is 9.80 Å². The lowest BCUT2D eigenvalue weighted by molar-refractivity contribution is -0.128. The van der Waals surface area contributed by atoms with Gasteiger partial charge in [0, 0.05) is 19.0 Å². The molecule has 1 unspecified atom stereocenters. The van der Waals surface area contributed by atoms with E-state index in [-0.39, 0.29) is 29.2 Å². The summed E-state index contributed by atoms with van der Waals surface area (Å²) in [5.74, 6) is 0.00207. The summed E-state index contributed by atoms with van der Waals surface area (Å²) in [6, 6.07) is -0.265. The Morgan fingerprint density at radius 1 is 1.32 bits per heavy atom. The molecule has 0 aliphatic carbocycles. The Kier molecular flexibility index (Phi) is 5.59. The maximum atomic E-state index is 12.0. The average molecular weight is 311 g/mol. The molecule has 126 valence electrons. The van der Waals surface area contributed by atoms with E-state index in [0.29, 0.717) is 13.0 Å². The van der Waals surface area contributed by atoms with E-state index in [2.05, 4.69) is 31.2 Å². The Hall–Kier alpha value is -1.59. The van der Waals surface area contributed by atoms with Crippen molar-refractivity contribution in [2.45, 2.75) is 66.8 Å². The molecule has 1 aliphatic rings. The molecule has 0 spiro atoms. The minimum absolute atomic E-state index is 0.00207. The van der Waals surface area contributed by atoms with E-state index in [9.17, 15) is 9.59 Å². The van der Waals surface area contributed by atoms with Crippen LogP contribution in [0, 0.1) is 10.8 Å². The lowest BCUT2D eigenvalue weighted by Crippen LogP contribution is -2.44. The normalized spacial score (nSPS) is 17.5. The van der Waals surface area contributed by atoms with Gasteiger partial charge in [-0.05, 0) is 17.3 Å². The molecule has 1 heterocycles. The lowest BCUT2D eigenvalue weighted by atomic mass is 9.83. The topological polar surface area (TPSA) is 82.0 Å². The van der Waals surface area contributed by atoms with E-state index in [0.717, 1.165) is 12.1 Å². The smallest absolute Gasteiger partial charge is 0.404 e. The summed E-state index contributed by atoms with van der Waals surface area (Å²) < 4.78 is 0. The van der Waals surface area contributed by atoms with Crippen molar-refractivity contribution in [2.24, 2.45) is 15.9 Å². The van der Waals surface area contributed by atoms with E-state index in [1.54, 1.807) is 0 Å². The summed E-state index contributed by atoms with van der Waals surface area (Å²) in [5.41, 5.74) is 0.674. The van der Waals surface area contributed by atoms with Crippen molar-refractivity contribution < 1.29 is 14.7 Å². The Labute approximate surface area is 132 Å². The fraction of sp³-hybridized carbons (Fsp3) is 0.812. The third-order valence-electron chi connectivity index (χ3n) is 3.76. The van der Waals surface area contributed by atoms with Crippen LogP contribution in [0.3, 0.4) is 0 Å². The zero-order valence-corrected chi connectivity index (χ0v) is 14.6. The number of carbonyl (C=O) groups is 2. The summed E-state index contributed by atoms with van der Waals surface area (Å²) in [6.45, 7) is 12.9. The van der Waals surface area contributed by atoms with Crippen molar-refractivity contribution in [3.63, 3.8) is 0 Å². The first-order chi connectivity index (χ1) is 9.88. The second-order valence-corrected chi connectivity index (χ2v) is 8.24. The number of hydrogen-bond donors (Lipinski definition) is 2. The van der Waals surface area contributed by atoms with Crippen LogP contribution in [0.1, 0.15) is 60.8 Å². The van der Waals surface area contributed by atoms with Crippen molar-refractivity contribution in [1.29, 1.82) is 0 Å². The molecule has 1 atom stereocenters. The standard InChI is InChI=1S/C16H29N3O3/c1-15(2,3)7-8-19-13(20)10-11(18-19)9-12(16(4,5)6)17-14(21)22/h12,17H,7-10H2,1-6H3,(H,21,22). The molecule has 0 aromatic rings. The predicted octanol–water partition coefficient (Wildman–Crippen LogP) is 3.08. The second kappa shape index (κ2) is 6.67. The predicted molar refractivity (Wildman–Crippen MR) is 86.9 cm³/mol. The minimum Gasteiger partial charge on any atom is -0.465 e. The van der Waals surface area contributed by atoms with E-state index >= 15 is 0 Å². The van der Waals surface area contributed by atoms with Gasteiger partial charge in [-0.3, -0.25) is 4.79 Å². The highest BCUT2D eigenvalue weighted by molar-refractivity contribution is 6.05. The van der Waals surface area contributed by atoms with E-state index in [4.69, 9.17) is 5.11 Å². The van der Waals surface area contributed by atoms with Gasteiger partial charge >= 0.3 is 6.09 Å². The first-order valence-corrected chi connectivity index (χ1v) is 7.75. The average Bonchev–Trinajstić information content (AvgIpc) is 2.63. The van der Waals surface area contributed by atoms with Crippen molar-refractivity contribution >= 4 is 17.7 Å². The summed E-state index contributed by atoms with van der Waals surface area (Å²) in [4.78, 5) is 23.0. The van der Waals surface area contributed by atoms with Gasteiger partial charge in [0.25, 0.3) is 0 Å². The molecule has 0 saturated carbocycles. The Morgan fingerprint density at radius 2 is 1.91 bits per heavy atom. The summed E-state index contributed by atoms with van der Waals surface area (Å²) in [6.07, 6.45) is 0.589. The molecule has 6 nitrogen and oxygen atoms in total. The first kappa shape index (κ1) is 18.5. The van der Waals surface area contributed by atoms with E-state index in [1.807, 2.05) is 20.8 Å². The molecule has 1 aliphatic heterocycles. The van der Waals surface area contributed by atoms with Crippen molar-refractivity contribution in [2.75, 3.05) is 6.54 Å². The van der Waals surface area contributed by atoms with Crippen LogP contribution in [0.2, 0.25) is 0 Å². The molecule has 0 radical (unpaired) electrons. The van der Waals surface area contributed by atoms with Gasteiger partial charge in [-0.1, -0.05) is 41.5 Å². The number of carbonyl (C=O) groups excluding carboxylic acids is 1. The maximum absolute atomic E-state index is 12.0. The summed E-state index contributed by atoms with van der Waals surface area (Å²) >= 11 is 0. The molecule has 0 aromatic heterocycles. The molecule has 6 heteroatoms. The highest BCUT2D eigenvalue weighted by Crippen LogP contribution is 2.25. The molecule has 0 saturated heterocycles. The highest BCUT2D eigenvalue weighted by atomic mass is 16.4. The second-order valence-electron chi connectivity index (χ2n) is 8.24. The van der Waals surface area contributed by atoms with Crippen LogP contribution < -0.4 is 5.32 Å². The zero-order chi connectivity index (χ0) is 17.1. The quantitative estimate of drug-likeness (QED) is 0.818. The fourth-order valence-corrected chi connectivity index (χ4v) is 2.22. The van der Waals surface area contributed by atoms with Gasteiger partial charge in [0.05, 0.1) is 12.1 Å². The summed E-state index contributed by atoms with van der Waals surface area (Å²) in [7, 11) is 0. The van der Waals surface area contributed by atoms with Crippen molar-refractivity contribution in [3.05, 3.63) is 0 Å². The van der Waals surface area contributed by atoms with Gasteiger partial charge in [0.15, 0.2) is 0 Å². The van der Waals surface area contributed by atoms with Crippen LogP contribution in [0.15, 0.2) is 5.10 Å². The van der Waals surface area contributed by atoms with Gasteiger partial charge in [-0.15, -0.1) is 0 Å². The maximum Gasteiger partial charge on any atom is 0.404 e. The Morgan fingerprint density at radius 3 is 2.36 bits per heavy atom. The monoisotopic (exact) mass is 311 g/mol. The zero-order valence-electron chi connectivity index (χ0n) is 14.6. The largest absolute Gasteiger partial charge is 0.465 e. The number of nitrogens with zero attached hydrogens (tertiary/aromatic N) is 2. The molecule has 0 aromatic carbocycles. The molecule has 22 heavy (non-hydrogen) atoms. The minimum atomic E-state index is -1.05. The van der Waals surface area contributed by atoms with E-state index < -0.39 is 6.09 Å². The summed E-state index contributed by atoms with van der Waals surface area (Å²) in [5, 5.41) is 17.4. The Balaban J connectivity index is 2.71. The molecule has 0 fully saturated rings. The highest BCUT2D eigenvalue weighted by Gasteiger charge is 2.32. The van der Waals surface area contributed by atoms with Crippen LogP contribution in [0.4, 0.5) is 4.79 Å². The van der Waals surface area contributed by atoms with Crippen LogP contribution in [0.25, 0.3) is 0 Å². The molecule has 2 amide bonds. The first-order valence-electron chi connectivity index (χ1n) is 7.75. The number of carboxylic acid groups (broad SMARTS) is 1. The van der Waals surface area contributed by atoms with Gasteiger partial charge in [0.2, 0.25) is 5.91 Å². The number of nitrogens with one attached hydrogen (secondary N) is 1. The van der Waals surface area contributed by atoms with Crippen LogP contribution in [0.5, 0.6) is 0 Å². The van der Waals surface area contributed by atoms with Gasteiger partial charge in [0.1, 0.15) is 0 Å². The van der Waals surface area contributed by atoms with E-state index in [1.165, 1.54) is 5.01 Å². The van der Waals surface area contributed by atoms with Crippen LogP contribution >= 0.6 is 0 Å². The molecular weight excluding hydrogens is 282 g/mol. The van der Waals surface area contributed by atoms with Crippen LogP contribution in [-0.4, -0.2) is 40.4 Å². The van der Waals surface area contributed by atoms with Gasteiger partial charge < -0.3 is 10.4 Å². The third-order valence-corrected chi connectivity index (χ3v) is 3.76. The number of hydrogen-bond acceptors (Lipinski definition) is 3. The molecule has 2 N–H and O–H groups in total. The SMILES string of the molecule is CC(C)(C)CCN1N=C(CC(NC(=O)O)C(C)(C)C)CC1=O. The number of rotatable bonds is 5. The lowest BCUT2D eigenvalue weighted by Gasteiger charge is -2.30. The third kappa shape index (κ3) is 6.03. The molecular formula is C16H29N3O3. The fourth-order valence-electron chi connectivity index (χ4n) is 2.22. The van der Waals surface area contributed by atoms with Crippen molar-refractivity contribution in [3.8, 4) is 0 Å². The Bertz CT molecular complexity index is 458. The van der Waals surface area contributed by atoms with Gasteiger partial charge in [-0.2, -0.15) is 5.10 Å². The number of amides is 2.